The number of aromatic nitrogens is 2. The zero-order chi connectivity index (χ0) is 21.1. The number of anilines is 1. The van der Waals surface area contributed by atoms with Crippen LogP contribution in [0.4, 0.5) is 5.69 Å². The molecular weight excluding hydrogens is 380 g/mol. The highest BCUT2D eigenvalue weighted by Gasteiger charge is 2.35. The minimum absolute atomic E-state index is 0.128. The summed E-state index contributed by atoms with van der Waals surface area (Å²) < 4.78 is 5.35. The van der Waals surface area contributed by atoms with E-state index in [0.29, 0.717) is 23.8 Å². The van der Waals surface area contributed by atoms with E-state index in [1.165, 1.54) is 0 Å². The Balaban J connectivity index is 1.49. The second kappa shape index (κ2) is 8.29. The van der Waals surface area contributed by atoms with Gasteiger partial charge in [0.1, 0.15) is 18.2 Å². The maximum atomic E-state index is 12.9. The number of rotatable bonds is 4. The average Bonchev–Trinajstić information content (AvgIpc) is 3.38. The van der Waals surface area contributed by atoms with Gasteiger partial charge in [-0.05, 0) is 49.6 Å². The molecule has 0 radical (unpaired) electrons. The lowest BCUT2D eigenvalue weighted by atomic mass is 10.2. The van der Waals surface area contributed by atoms with Gasteiger partial charge in [-0.15, -0.1) is 6.42 Å². The number of aryl methyl sites for hydroxylation is 1. The number of likely N-dealkylation sites (tertiary alicyclic amines) is 1. The molecule has 0 spiro atoms. The van der Waals surface area contributed by atoms with E-state index in [0.717, 1.165) is 29.4 Å². The van der Waals surface area contributed by atoms with Gasteiger partial charge in [0, 0.05) is 18.3 Å². The van der Waals surface area contributed by atoms with Crippen LogP contribution in [0, 0.1) is 19.3 Å². The number of nitrogens with one attached hydrogen (secondary N) is 2. The second-order valence-electron chi connectivity index (χ2n) is 7.27. The number of H-pyrrole nitrogens is 1. The summed E-state index contributed by atoms with van der Waals surface area (Å²) in [6.45, 7) is 2.66. The van der Waals surface area contributed by atoms with Crippen molar-refractivity contribution in [1.82, 2.24) is 14.9 Å². The highest BCUT2D eigenvalue weighted by atomic mass is 16.5. The first kappa shape index (κ1) is 19.5. The van der Waals surface area contributed by atoms with Crippen LogP contribution in [0.2, 0.25) is 0 Å². The number of amides is 2. The lowest BCUT2D eigenvalue weighted by Crippen LogP contribution is -2.39. The van der Waals surface area contributed by atoms with Crippen molar-refractivity contribution >= 4 is 28.5 Å². The predicted molar refractivity (Wildman–Crippen MR) is 114 cm³/mol. The minimum atomic E-state index is -0.692. The van der Waals surface area contributed by atoms with Crippen molar-refractivity contribution in [2.24, 2.45) is 0 Å². The van der Waals surface area contributed by atoms with E-state index in [9.17, 15) is 9.59 Å². The van der Waals surface area contributed by atoms with Crippen LogP contribution < -0.4 is 10.1 Å². The second-order valence-corrected chi connectivity index (χ2v) is 7.27. The van der Waals surface area contributed by atoms with E-state index in [4.69, 9.17) is 11.2 Å². The average molecular weight is 402 g/mol. The molecule has 3 aromatic rings. The first-order valence-electron chi connectivity index (χ1n) is 9.79. The Hall–Kier alpha value is -3.79. The van der Waals surface area contributed by atoms with Crippen LogP contribution in [0.25, 0.3) is 11.0 Å². The summed E-state index contributed by atoms with van der Waals surface area (Å²) >= 11 is 0. The van der Waals surface area contributed by atoms with Crippen LogP contribution in [0.3, 0.4) is 0 Å². The molecule has 2 heterocycles. The van der Waals surface area contributed by atoms with Gasteiger partial charge in [0.15, 0.2) is 0 Å². The Morgan fingerprint density at radius 2 is 2.20 bits per heavy atom. The lowest BCUT2D eigenvalue weighted by Gasteiger charge is -2.22. The molecule has 7 heteroatoms. The highest BCUT2D eigenvalue weighted by Crippen LogP contribution is 2.32. The number of nitrogens with zero attached hydrogens (tertiary/aromatic N) is 2. The molecule has 7 nitrogen and oxygen atoms in total. The molecule has 0 unspecified atom stereocenters. The van der Waals surface area contributed by atoms with Gasteiger partial charge in [-0.1, -0.05) is 18.1 Å². The molecule has 0 saturated carbocycles. The third-order valence-corrected chi connectivity index (χ3v) is 5.09. The van der Waals surface area contributed by atoms with E-state index >= 15 is 0 Å². The standard InChI is InChI=1S/C23H22N4O3/c1-3-12-30-17-7-4-6-16(14-17)24-22(28)23(29)27-11-5-8-20(27)21-25-18-10-9-15(2)13-19(18)26-21/h1,4,6-7,9-10,13-14,20H,5,8,11-12H2,2H3,(H,24,28)(H,25,26)/t20-/m0/s1. The Bertz CT molecular complexity index is 1140. The molecule has 2 amide bonds. The number of fused-ring (bicyclic) bond motifs is 1. The van der Waals surface area contributed by atoms with Crippen LogP contribution in [-0.2, 0) is 9.59 Å². The number of carbonyl (C=O) groups is 2. The Morgan fingerprint density at radius 1 is 1.33 bits per heavy atom. The van der Waals surface area contributed by atoms with Gasteiger partial charge in [0.2, 0.25) is 0 Å². The predicted octanol–water partition coefficient (Wildman–Crippen LogP) is 3.19. The molecule has 30 heavy (non-hydrogen) atoms. The molecular formula is C23H22N4O3. The molecule has 1 atom stereocenters. The van der Waals surface area contributed by atoms with Crippen molar-refractivity contribution in [3.63, 3.8) is 0 Å². The number of benzene rings is 2. The van der Waals surface area contributed by atoms with Crippen molar-refractivity contribution < 1.29 is 14.3 Å². The number of imidazole rings is 1. The first-order valence-corrected chi connectivity index (χ1v) is 9.79. The normalized spacial score (nSPS) is 15.7. The van der Waals surface area contributed by atoms with Gasteiger partial charge in [-0.3, -0.25) is 9.59 Å². The molecule has 0 bridgehead atoms. The van der Waals surface area contributed by atoms with Crippen molar-refractivity contribution in [2.45, 2.75) is 25.8 Å². The van der Waals surface area contributed by atoms with Crippen molar-refractivity contribution in [2.75, 3.05) is 18.5 Å². The van der Waals surface area contributed by atoms with Crippen LogP contribution in [0.1, 0.15) is 30.3 Å². The number of aromatic amines is 1. The maximum Gasteiger partial charge on any atom is 0.313 e. The van der Waals surface area contributed by atoms with Crippen LogP contribution in [0.15, 0.2) is 42.5 Å². The molecule has 1 aromatic heterocycles. The summed E-state index contributed by atoms with van der Waals surface area (Å²) in [6, 6.07) is 12.5. The largest absolute Gasteiger partial charge is 0.481 e. The van der Waals surface area contributed by atoms with Crippen LogP contribution >= 0.6 is 0 Å². The lowest BCUT2D eigenvalue weighted by molar-refractivity contribution is -0.143. The molecule has 2 N–H and O–H groups in total. The van der Waals surface area contributed by atoms with E-state index in [-0.39, 0.29) is 12.6 Å². The number of ether oxygens (including phenoxy) is 1. The Morgan fingerprint density at radius 3 is 3.03 bits per heavy atom. The summed E-state index contributed by atoms with van der Waals surface area (Å²) in [6.07, 6.45) is 6.77. The molecule has 1 fully saturated rings. The van der Waals surface area contributed by atoms with Crippen LogP contribution in [-0.4, -0.2) is 39.8 Å². The highest BCUT2D eigenvalue weighted by molar-refractivity contribution is 6.39. The van der Waals surface area contributed by atoms with Gasteiger partial charge in [0.05, 0.1) is 17.1 Å². The Kier molecular flexibility index (Phi) is 5.40. The van der Waals surface area contributed by atoms with Gasteiger partial charge >= 0.3 is 11.8 Å². The smallest absolute Gasteiger partial charge is 0.313 e. The molecule has 4 rings (SSSR count). The maximum absolute atomic E-state index is 12.9. The fourth-order valence-corrected chi connectivity index (χ4v) is 3.70. The summed E-state index contributed by atoms with van der Waals surface area (Å²) in [5.74, 6) is 2.34. The zero-order valence-corrected chi connectivity index (χ0v) is 16.6. The van der Waals surface area contributed by atoms with Crippen LogP contribution in [0.5, 0.6) is 5.75 Å². The molecule has 0 aliphatic carbocycles. The Labute approximate surface area is 174 Å². The number of terminal acetylenes is 1. The van der Waals surface area contributed by atoms with Gasteiger partial charge in [-0.25, -0.2) is 4.98 Å². The first-order chi connectivity index (χ1) is 14.5. The third kappa shape index (κ3) is 3.98. The third-order valence-electron chi connectivity index (χ3n) is 5.09. The monoisotopic (exact) mass is 402 g/mol. The van der Waals surface area contributed by atoms with Gasteiger partial charge < -0.3 is 19.9 Å². The molecule has 1 saturated heterocycles. The summed E-state index contributed by atoms with van der Waals surface area (Å²) in [7, 11) is 0. The summed E-state index contributed by atoms with van der Waals surface area (Å²) in [4.78, 5) is 35.0. The van der Waals surface area contributed by atoms with Gasteiger partial charge in [-0.2, -0.15) is 0 Å². The van der Waals surface area contributed by atoms with Crippen molar-refractivity contribution in [3.8, 4) is 18.1 Å². The summed E-state index contributed by atoms with van der Waals surface area (Å²) in [5, 5.41) is 2.65. The fraction of sp³-hybridized carbons (Fsp3) is 0.261. The SMILES string of the molecule is C#CCOc1cccc(NC(=O)C(=O)N2CCC[C@H]2c2nc3ccc(C)cc3[nH]2)c1. The number of hydrogen-bond acceptors (Lipinski definition) is 4. The number of carbonyl (C=O) groups excluding carboxylic acids is 2. The van der Waals surface area contributed by atoms with Crippen molar-refractivity contribution in [3.05, 3.63) is 53.9 Å². The topological polar surface area (TPSA) is 87.3 Å². The quantitative estimate of drug-likeness (QED) is 0.518. The molecule has 1 aliphatic heterocycles. The summed E-state index contributed by atoms with van der Waals surface area (Å²) in [5.41, 5.74) is 3.38. The van der Waals surface area contributed by atoms with E-state index in [1.54, 1.807) is 29.2 Å². The molecule has 1 aliphatic rings. The number of hydrogen-bond donors (Lipinski definition) is 2. The van der Waals surface area contributed by atoms with E-state index < -0.39 is 11.8 Å². The zero-order valence-electron chi connectivity index (χ0n) is 16.6. The van der Waals surface area contributed by atoms with E-state index in [1.807, 2.05) is 25.1 Å². The molecule has 2 aromatic carbocycles. The van der Waals surface area contributed by atoms with Crippen molar-refractivity contribution in [1.29, 1.82) is 0 Å². The van der Waals surface area contributed by atoms with E-state index in [2.05, 4.69) is 21.2 Å². The fourth-order valence-electron chi connectivity index (χ4n) is 3.70. The molecule has 152 valence electrons. The minimum Gasteiger partial charge on any atom is -0.481 e. The van der Waals surface area contributed by atoms with Gasteiger partial charge in [0.25, 0.3) is 0 Å².